The summed E-state index contributed by atoms with van der Waals surface area (Å²) in [6.07, 6.45) is 2.20. The first-order valence-electron chi connectivity index (χ1n) is 6.50. The van der Waals surface area contributed by atoms with E-state index in [1.807, 2.05) is 32.2 Å². The summed E-state index contributed by atoms with van der Waals surface area (Å²) in [4.78, 5) is 0. The fourth-order valence-corrected chi connectivity index (χ4v) is 3.26. The summed E-state index contributed by atoms with van der Waals surface area (Å²) in [7, 11) is 1.82. The summed E-state index contributed by atoms with van der Waals surface area (Å²) in [5.41, 5.74) is 3.30. The van der Waals surface area contributed by atoms with E-state index >= 15 is 0 Å². The van der Waals surface area contributed by atoms with Crippen molar-refractivity contribution in [2.75, 3.05) is 0 Å². The lowest BCUT2D eigenvalue weighted by Gasteiger charge is -2.24. The fourth-order valence-electron chi connectivity index (χ4n) is 3.02. The van der Waals surface area contributed by atoms with Crippen LogP contribution in [0.1, 0.15) is 28.8 Å². The van der Waals surface area contributed by atoms with Crippen LogP contribution >= 0.6 is 11.6 Å². The van der Waals surface area contributed by atoms with Crippen LogP contribution in [0.25, 0.3) is 0 Å². The molecule has 1 atom stereocenters. The highest BCUT2D eigenvalue weighted by atomic mass is 35.5. The van der Waals surface area contributed by atoms with Crippen molar-refractivity contribution in [1.82, 2.24) is 9.78 Å². The van der Waals surface area contributed by atoms with Crippen molar-refractivity contribution in [3.05, 3.63) is 51.8 Å². The van der Waals surface area contributed by atoms with E-state index in [0.717, 1.165) is 29.7 Å². The van der Waals surface area contributed by atoms with Crippen LogP contribution in [0.3, 0.4) is 0 Å². The van der Waals surface area contributed by atoms with Crippen molar-refractivity contribution in [1.29, 1.82) is 0 Å². The molecule has 0 amide bonds. The molecule has 0 radical (unpaired) electrons. The lowest BCUT2D eigenvalue weighted by Crippen LogP contribution is -2.25. The molecule has 1 aliphatic rings. The normalized spacial score (nSPS) is 21.7. The third-order valence-corrected chi connectivity index (χ3v) is 4.54. The smallest absolute Gasteiger partial charge is 0.130 e. The molecule has 0 fully saturated rings. The van der Waals surface area contributed by atoms with Crippen molar-refractivity contribution in [2.45, 2.75) is 31.8 Å². The van der Waals surface area contributed by atoms with Crippen LogP contribution in [-0.4, -0.2) is 14.9 Å². The van der Waals surface area contributed by atoms with E-state index in [9.17, 15) is 5.11 Å². The molecule has 3 rings (SSSR count). The maximum absolute atomic E-state index is 11.0. The molecule has 1 N–H and O–H groups in total. The number of halogens is 1. The van der Waals surface area contributed by atoms with Gasteiger partial charge in [-0.1, -0.05) is 35.9 Å². The van der Waals surface area contributed by atoms with Gasteiger partial charge in [-0.25, -0.2) is 0 Å². The molecule has 3 nitrogen and oxygen atoms in total. The van der Waals surface area contributed by atoms with Crippen LogP contribution in [0.5, 0.6) is 0 Å². The van der Waals surface area contributed by atoms with Gasteiger partial charge < -0.3 is 5.11 Å². The van der Waals surface area contributed by atoms with Gasteiger partial charge in [-0.3, -0.25) is 4.68 Å². The Balaban J connectivity index is 2.00. The molecule has 0 aliphatic heterocycles. The SMILES string of the molecule is Cc1nn(C)c(Cl)c1CC1(O)CCc2ccccc21. The number of hydrogen-bond donors (Lipinski definition) is 1. The molecule has 1 heterocycles. The van der Waals surface area contributed by atoms with Gasteiger partial charge in [-0.2, -0.15) is 5.10 Å². The van der Waals surface area contributed by atoms with Crippen LogP contribution < -0.4 is 0 Å². The number of benzene rings is 1. The van der Waals surface area contributed by atoms with Gasteiger partial charge in [0, 0.05) is 19.0 Å². The second-order valence-electron chi connectivity index (χ2n) is 5.34. The molecule has 0 saturated heterocycles. The summed E-state index contributed by atoms with van der Waals surface area (Å²) in [5.74, 6) is 0. The third kappa shape index (κ3) is 1.97. The van der Waals surface area contributed by atoms with Gasteiger partial charge in [-0.15, -0.1) is 0 Å². The van der Waals surface area contributed by atoms with E-state index in [4.69, 9.17) is 11.6 Å². The number of aromatic nitrogens is 2. The number of aryl methyl sites for hydroxylation is 3. The summed E-state index contributed by atoms with van der Waals surface area (Å²) in [6, 6.07) is 8.10. The monoisotopic (exact) mass is 276 g/mol. The highest BCUT2D eigenvalue weighted by Gasteiger charge is 2.37. The molecular weight excluding hydrogens is 260 g/mol. The second kappa shape index (κ2) is 4.36. The number of fused-ring (bicyclic) bond motifs is 1. The molecule has 2 aromatic rings. The molecule has 1 aromatic heterocycles. The zero-order chi connectivity index (χ0) is 13.6. The van der Waals surface area contributed by atoms with Crippen LogP contribution in [0.4, 0.5) is 0 Å². The first-order chi connectivity index (χ1) is 9.01. The van der Waals surface area contributed by atoms with Gasteiger partial charge in [0.1, 0.15) is 5.15 Å². The molecular formula is C15H17ClN2O. The predicted octanol–water partition coefficient (Wildman–Crippen LogP) is 2.76. The van der Waals surface area contributed by atoms with E-state index in [1.54, 1.807) is 4.68 Å². The van der Waals surface area contributed by atoms with Crippen LogP contribution in [-0.2, 0) is 25.5 Å². The molecule has 0 spiro atoms. The Morgan fingerprint density at radius 2 is 2.16 bits per heavy atom. The van der Waals surface area contributed by atoms with Crippen molar-refractivity contribution in [2.24, 2.45) is 7.05 Å². The van der Waals surface area contributed by atoms with E-state index < -0.39 is 5.60 Å². The number of rotatable bonds is 2. The van der Waals surface area contributed by atoms with Crippen LogP contribution in [0, 0.1) is 6.92 Å². The van der Waals surface area contributed by atoms with Gasteiger partial charge in [0.05, 0.1) is 11.3 Å². The zero-order valence-corrected chi connectivity index (χ0v) is 11.9. The van der Waals surface area contributed by atoms with Gasteiger partial charge in [0.15, 0.2) is 0 Å². The largest absolute Gasteiger partial charge is 0.385 e. The maximum atomic E-state index is 11.0. The Morgan fingerprint density at radius 3 is 2.84 bits per heavy atom. The standard InChI is InChI=1S/C15H17ClN2O/c1-10-12(14(16)18(2)17-10)9-15(19)8-7-11-5-3-4-6-13(11)15/h3-6,19H,7-9H2,1-2H3. The fraction of sp³-hybridized carbons (Fsp3) is 0.400. The Morgan fingerprint density at radius 1 is 1.42 bits per heavy atom. The van der Waals surface area contributed by atoms with E-state index in [-0.39, 0.29) is 0 Å². The molecule has 1 aromatic carbocycles. The van der Waals surface area contributed by atoms with E-state index in [1.165, 1.54) is 5.56 Å². The quantitative estimate of drug-likeness (QED) is 0.916. The number of nitrogens with zero attached hydrogens (tertiary/aromatic N) is 2. The van der Waals surface area contributed by atoms with Gasteiger partial charge in [-0.05, 0) is 30.9 Å². The van der Waals surface area contributed by atoms with E-state index in [2.05, 4.69) is 11.2 Å². The van der Waals surface area contributed by atoms with Crippen molar-refractivity contribution in [3.8, 4) is 0 Å². The minimum absolute atomic E-state index is 0.530. The van der Waals surface area contributed by atoms with Crippen molar-refractivity contribution >= 4 is 11.6 Å². The van der Waals surface area contributed by atoms with Crippen molar-refractivity contribution < 1.29 is 5.11 Å². The Labute approximate surface area is 117 Å². The molecule has 100 valence electrons. The average Bonchev–Trinajstić information content (AvgIpc) is 2.84. The molecule has 1 aliphatic carbocycles. The highest BCUT2D eigenvalue weighted by molar-refractivity contribution is 6.30. The van der Waals surface area contributed by atoms with Gasteiger partial charge in [0.25, 0.3) is 0 Å². The second-order valence-corrected chi connectivity index (χ2v) is 5.70. The number of hydrogen-bond acceptors (Lipinski definition) is 2. The van der Waals surface area contributed by atoms with Crippen LogP contribution in [0.2, 0.25) is 5.15 Å². The minimum Gasteiger partial charge on any atom is -0.385 e. The molecule has 4 heteroatoms. The summed E-state index contributed by atoms with van der Waals surface area (Å²) in [6.45, 7) is 1.94. The third-order valence-electron chi connectivity index (χ3n) is 4.07. The summed E-state index contributed by atoms with van der Waals surface area (Å²) < 4.78 is 1.66. The summed E-state index contributed by atoms with van der Waals surface area (Å²) in [5, 5.41) is 15.9. The van der Waals surface area contributed by atoms with Crippen LogP contribution in [0.15, 0.2) is 24.3 Å². The zero-order valence-electron chi connectivity index (χ0n) is 11.2. The molecule has 0 saturated carbocycles. The topological polar surface area (TPSA) is 38.0 Å². The predicted molar refractivity (Wildman–Crippen MR) is 75.3 cm³/mol. The Kier molecular flexibility index (Phi) is 2.91. The highest BCUT2D eigenvalue weighted by Crippen LogP contribution is 2.40. The maximum Gasteiger partial charge on any atom is 0.130 e. The lowest BCUT2D eigenvalue weighted by atomic mass is 9.89. The average molecular weight is 277 g/mol. The Bertz CT molecular complexity index is 635. The minimum atomic E-state index is -0.811. The van der Waals surface area contributed by atoms with Gasteiger partial charge in [0.2, 0.25) is 0 Å². The number of aliphatic hydroxyl groups is 1. The van der Waals surface area contributed by atoms with E-state index in [0.29, 0.717) is 11.6 Å². The molecule has 19 heavy (non-hydrogen) atoms. The molecule has 1 unspecified atom stereocenters. The lowest BCUT2D eigenvalue weighted by molar-refractivity contribution is 0.0388. The first kappa shape index (κ1) is 12.7. The summed E-state index contributed by atoms with van der Waals surface area (Å²) >= 11 is 6.27. The van der Waals surface area contributed by atoms with Crippen molar-refractivity contribution in [3.63, 3.8) is 0 Å². The first-order valence-corrected chi connectivity index (χ1v) is 6.88. The Hall–Kier alpha value is -1.32. The van der Waals surface area contributed by atoms with Gasteiger partial charge >= 0.3 is 0 Å². The molecule has 0 bridgehead atoms.